The molecule has 0 aromatic rings. The second-order valence-corrected chi connectivity index (χ2v) is 5.90. The third-order valence-electron chi connectivity index (χ3n) is 3.80. The summed E-state index contributed by atoms with van der Waals surface area (Å²) in [7, 11) is 1.46. The van der Waals surface area contributed by atoms with E-state index in [1.807, 2.05) is 25.7 Å². The van der Waals surface area contributed by atoms with Gasteiger partial charge in [0.05, 0.1) is 0 Å². The molecular weight excluding hydrogens is 258 g/mol. The van der Waals surface area contributed by atoms with Crippen molar-refractivity contribution in [3.63, 3.8) is 0 Å². The van der Waals surface area contributed by atoms with Gasteiger partial charge in [-0.25, -0.2) is 0 Å². The molecule has 3 N–H and O–H groups in total. The van der Waals surface area contributed by atoms with Gasteiger partial charge in [0, 0.05) is 19.7 Å². The maximum atomic E-state index is 12.6. The van der Waals surface area contributed by atoms with Gasteiger partial charge in [-0.15, -0.1) is 0 Å². The Labute approximate surface area is 121 Å². The molecule has 0 spiro atoms. The van der Waals surface area contributed by atoms with E-state index in [0.29, 0.717) is 19.0 Å². The Morgan fingerprint density at radius 2 is 2.10 bits per heavy atom. The van der Waals surface area contributed by atoms with E-state index in [1.54, 1.807) is 0 Å². The molecule has 3 atom stereocenters. The summed E-state index contributed by atoms with van der Waals surface area (Å²) in [5.74, 6) is 0.110. The highest BCUT2D eigenvalue weighted by Gasteiger charge is 2.36. The van der Waals surface area contributed by atoms with Gasteiger partial charge in [-0.1, -0.05) is 13.8 Å². The standard InChI is InChI=1S/C14H27N3O3/c1-9(2)13(16-12(18)8-20-4)14(19)17-7-11(6-15)5-10(17)3/h9-11,13H,5-8,15H2,1-4H3,(H,16,18)/t10?,11?,13-/m0/s1. The number of methoxy groups -OCH3 is 1. The number of carbonyl (C=O) groups is 2. The van der Waals surface area contributed by atoms with Gasteiger partial charge in [0.25, 0.3) is 0 Å². The molecule has 116 valence electrons. The van der Waals surface area contributed by atoms with Crippen LogP contribution < -0.4 is 11.1 Å². The maximum absolute atomic E-state index is 12.6. The number of carbonyl (C=O) groups excluding carboxylic acids is 2. The van der Waals surface area contributed by atoms with Gasteiger partial charge in [-0.05, 0) is 31.7 Å². The van der Waals surface area contributed by atoms with Gasteiger partial charge < -0.3 is 20.7 Å². The van der Waals surface area contributed by atoms with E-state index in [2.05, 4.69) is 5.32 Å². The predicted octanol–water partition coefficient (Wildman–Crippen LogP) is -0.0307. The summed E-state index contributed by atoms with van der Waals surface area (Å²) in [4.78, 5) is 26.1. The van der Waals surface area contributed by atoms with Crippen molar-refractivity contribution < 1.29 is 14.3 Å². The van der Waals surface area contributed by atoms with Crippen molar-refractivity contribution in [1.29, 1.82) is 0 Å². The summed E-state index contributed by atoms with van der Waals surface area (Å²) in [5, 5.41) is 2.76. The van der Waals surface area contributed by atoms with Crippen molar-refractivity contribution in [1.82, 2.24) is 10.2 Å². The van der Waals surface area contributed by atoms with E-state index >= 15 is 0 Å². The van der Waals surface area contributed by atoms with Crippen LogP contribution in [0.5, 0.6) is 0 Å². The third-order valence-corrected chi connectivity index (χ3v) is 3.80. The van der Waals surface area contributed by atoms with Gasteiger partial charge in [-0.2, -0.15) is 0 Å². The van der Waals surface area contributed by atoms with Crippen molar-refractivity contribution in [2.45, 2.75) is 39.3 Å². The number of amides is 2. The molecule has 6 nitrogen and oxygen atoms in total. The first-order valence-corrected chi connectivity index (χ1v) is 7.19. The van der Waals surface area contributed by atoms with E-state index < -0.39 is 6.04 Å². The molecule has 1 heterocycles. The highest BCUT2D eigenvalue weighted by Crippen LogP contribution is 2.23. The summed E-state index contributed by atoms with van der Waals surface area (Å²) in [6.45, 7) is 7.13. The van der Waals surface area contributed by atoms with Crippen LogP contribution in [0.25, 0.3) is 0 Å². The van der Waals surface area contributed by atoms with Gasteiger partial charge in [0.15, 0.2) is 0 Å². The largest absolute Gasteiger partial charge is 0.375 e. The van der Waals surface area contributed by atoms with Crippen LogP contribution in [-0.2, 0) is 14.3 Å². The van der Waals surface area contributed by atoms with Crippen molar-refractivity contribution in [3.05, 3.63) is 0 Å². The summed E-state index contributed by atoms with van der Waals surface area (Å²) in [6, 6.07) is -0.326. The number of nitrogens with two attached hydrogens (primary N) is 1. The Balaban J connectivity index is 2.71. The average molecular weight is 285 g/mol. The van der Waals surface area contributed by atoms with Crippen molar-refractivity contribution >= 4 is 11.8 Å². The smallest absolute Gasteiger partial charge is 0.246 e. The van der Waals surface area contributed by atoms with Crippen LogP contribution in [0.1, 0.15) is 27.2 Å². The zero-order valence-electron chi connectivity index (χ0n) is 12.9. The molecule has 0 radical (unpaired) electrons. The average Bonchev–Trinajstić information content (AvgIpc) is 2.76. The number of likely N-dealkylation sites (tertiary alicyclic amines) is 1. The Bertz CT molecular complexity index is 347. The summed E-state index contributed by atoms with van der Waals surface area (Å²) in [5.41, 5.74) is 5.69. The number of ether oxygens (including phenoxy) is 1. The molecule has 1 rings (SSSR count). The van der Waals surface area contributed by atoms with Crippen LogP contribution in [0, 0.1) is 11.8 Å². The Morgan fingerprint density at radius 3 is 2.55 bits per heavy atom. The van der Waals surface area contributed by atoms with Crippen molar-refractivity contribution in [2.24, 2.45) is 17.6 Å². The Morgan fingerprint density at radius 1 is 1.45 bits per heavy atom. The molecule has 0 bridgehead atoms. The van der Waals surface area contributed by atoms with E-state index in [1.165, 1.54) is 7.11 Å². The fourth-order valence-corrected chi connectivity index (χ4v) is 2.66. The van der Waals surface area contributed by atoms with Crippen LogP contribution in [-0.4, -0.2) is 55.6 Å². The number of nitrogens with one attached hydrogen (secondary N) is 1. The van der Waals surface area contributed by atoms with Gasteiger partial charge >= 0.3 is 0 Å². The molecule has 1 saturated heterocycles. The van der Waals surface area contributed by atoms with Crippen LogP contribution in [0.4, 0.5) is 0 Å². The van der Waals surface area contributed by atoms with E-state index in [9.17, 15) is 9.59 Å². The highest BCUT2D eigenvalue weighted by atomic mass is 16.5. The van der Waals surface area contributed by atoms with E-state index in [0.717, 1.165) is 6.42 Å². The maximum Gasteiger partial charge on any atom is 0.246 e. The lowest BCUT2D eigenvalue weighted by molar-refractivity contribution is -0.139. The second-order valence-electron chi connectivity index (χ2n) is 5.90. The Kier molecular flexibility index (Phi) is 6.42. The number of hydrogen-bond acceptors (Lipinski definition) is 4. The first kappa shape index (κ1) is 16.9. The summed E-state index contributed by atoms with van der Waals surface area (Å²) < 4.78 is 4.79. The molecule has 1 fully saturated rings. The first-order valence-electron chi connectivity index (χ1n) is 7.19. The summed E-state index contributed by atoms with van der Waals surface area (Å²) >= 11 is 0. The van der Waals surface area contributed by atoms with Crippen LogP contribution in [0.15, 0.2) is 0 Å². The van der Waals surface area contributed by atoms with Gasteiger partial charge in [0.1, 0.15) is 12.6 Å². The lowest BCUT2D eigenvalue weighted by Crippen LogP contribution is -2.52. The monoisotopic (exact) mass is 285 g/mol. The molecule has 0 aliphatic carbocycles. The molecule has 0 aromatic carbocycles. The van der Waals surface area contributed by atoms with Crippen LogP contribution in [0.2, 0.25) is 0 Å². The topological polar surface area (TPSA) is 84.7 Å². The lowest BCUT2D eigenvalue weighted by Gasteiger charge is -2.29. The van der Waals surface area contributed by atoms with E-state index in [-0.39, 0.29) is 30.4 Å². The molecule has 0 saturated carbocycles. The van der Waals surface area contributed by atoms with Crippen molar-refractivity contribution in [3.8, 4) is 0 Å². The fourth-order valence-electron chi connectivity index (χ4n) is 2.66. The van der Waals surface area contributed by atoms with Gasteiger partial charge in [-0.3, -0.25) is 9.59 Å². The SMILES string of the molecule is COCC(=O)N[C@H](C(=O)N1CC(CN)CC1C)C(C)C. The minimum atomic E-state index is -0.503. The van der Waals surface area contributed by atoms with Crippen LogP contribution >= 0.6 is 0 Å². The second kappa shape index (κ2) is 7.59. The molecule has 2 amide bonds. The highest BCUT2D eigenvalue weighted by molar-refractivity contribution is 5.88. The normalized spacial score (nSPS) is 24.0. The van der Waals surface area contributed by atoms with Crippen molar-refractivity contribution in [2.75, 3.05) is 26.8 Å². The molecule has 6 heteroatoms. The molecule has 1 aliphatic heterocycles. The minimum absolute atomic E-state index is 0.0205. The molecule has 2 unspecified atom stereocenters. The predicted molar refractivity (Wildman–Crippen MR) is 77.0 cm³/mol. The van der Waals surface area contributed by atoms with Crippen LogP contribution in [0.3, 0.4) is 0 Å². The minimum Gasteiger partial charge on any atom is -0.375 e. The quantitative estimate of drug-likeness (QED) is 0.718. The summed E-state index contributed by atoms with van der Waals surface area (Å²) in [6.07, 6.45) is 0.930. The number of rotatable bonds is 6. The van der Waals surface area contributed by atoms with Gasteiger partial charge in [0.2, 0.25) is 11.8 Å². The lowest BCUT2D eigenvalue weighted by atomic mass is 10.0. The molecule has 0 aromatic heterocycles. The molecule has 20 heavy (non-hydrogen) atoms. The molecule has 1 aliphatic rings. The van der Waals surface area contributed by atoms with E-state index in [4.69, 9.17) is 10.5 Å². The zero-order chi connectivity index (χ0) is 15.3. The third kappa shape index (κ3) is 4.18. The fraction of sp³-hybridized carbons (Fsp3) is 0.857. The number of hydrogen-bond donors (Lipinski definition) is 2. The number of nitrogens with zero attached hydrogens (tertiary/aromatic N) is 1. The Hall–Kier alpha value is -1.14. The first-order chi connectivity index (χ1) is 9.40. The zero-order valence-corrected chi connectivity index (χ0v) is 12.9. The molecular formula is C14H27N3O3.